The van der Waals surface area contributed by atoms with Gasteiger partial charge in [0, 0.05) is 44.2 Å². The van der Waals surface area contributed by atoms with Gasteiger partial charge in [0.05, 0.1) is 12.1 Å². The molecule has 0 radical (unpaired) electrons. The molecule has 3 heterocycles. The van der Waals surface area contributed by atoms with E-state index in [1.165, 1.54) is 13.3 Å². The van der Waals surface area contributed by atoms with Crippen LogP contribution in [0.15, 0.2) is 34.9 Å². The van der Waals surface area contributed by atoms with Crippen LogP contribution in [0.1, 0.15) is 36.2 Å². The van der Waals surface area contributed by atoms with Gasteiger partial charge in [-0.15, -0.1) is 0 Å². The van der Waals surface area contributed by atoms with Crippen molar-refractivity contribution in [2.75, 3.05) is 52.0 Å². The van der Waals surface area contributed by atoms with Gasteiger partial charge in [0.15, 0.2) is 5.58 Å². The third-order valence-corrected chi connectivity index (χ3v) is 7.07. The Balaban J connectivity index is 1.48. The highest BCUT2D eigenvalue weighted by Gasteiger charge is 2.33. The molecule has 0 spiro atoms. The Bertz CT molecular complexity index is 1330. The molecular formula is C27H33ClN6O5. The molecule has 1 fully saturated rings. The number of fused-ring (bicyclic) bond motifs is 1. The number of likely N-dealkylation sites (N-methyl/N-ethyl adjacent to an activating group) is 2. The average Bonchev–Trinajstić information content (AvgIpc) is 3.30. The zero-order chi connectivity index (χ0) is 28.1. The molecule has 0 bridgehead atoms. The maximum Gasteiger partial charge on any atom is 0.294 e. The maximum atomic E-state index is 13.4. The molecule has 39 heavy (non-hydrogen) atoms. The fourth-order valence-electron chi connectivity index (χ4n) is 4.57. The largest absolute Gasteiger partial charge is 0.481 e. The first kappa shape index (κ1) is 28.3. The molecule has 0 unspecified atom stereocenters. The van der Waals surface area contributed by atoms with Crippen molar-refractivity contribution in [3.63, 3.8) is 0 Å². The number of amides is 3. The Morgan fingerprint density at radius 1 is 1.03 bits per heavy atom. The predicted octanol–water partition coefficient (Wildman–Crippen LogP) is 3.90. The van der Waals surface area contributed by atoms with Crippen molar-refractivity contribution in [3.05, 3.63) is 41.2 Å². The highest BCUT2D eigenvalue weighted by atomic mass is 35.5. The normalized spacial score (nSPS) is 17.2. The van der Waals surface area contributed by atoms with Crippen molar-refractivity contribution in [2.24, 2.45) is 11.8 Å². The standard InChI is InChI=1S/C27H33ClN6O5/c1-33(2)13-14-34(3)27(37)17-7-5-16(6-8-17)25(35)32-23-22-19(10-12-21(31-22)38-4)39-24(23)26(36)30-20-11-9-18(28)15-29-20/h9-12,15-17H,5-8,13-14H2,1-4H3,(H,32,35)(H,29,30,36). The molecule has 0 saturated heterocycles. The van der Waals surface area contributed by atoms with Crippen LogP contribution in [0.2, 0.25) is 5.02 Å². The third kappa shape index (κ3) is 6.85. The first-order valence-electron chi connectivity index (χ1n) is 12.8. The van der Waals surface area contributed by atoms with Crippen molar-refractivity contribution in [1.82, 2.24) is 19.8 Å². The van der Waals surface area contributed by atoms with Gasteiger partial charge in [-0.3, -0.25) is 14.4 Å². The van der Waals surface area contributed by atoms with Gasteiger partial charge < -0.3 is 29.6 Å². The van der Waals surface area contributed by atoms with Crippen molar-refractivity contribution < 1.29 is 23.5 Å². The summed E-state index contributed by atoms with van der Waals surface area (Å²) in [5.74, 6) is -0.695. The van der Waals surface area contributed by atoms with Crippen molar-refractivity contribution in [2.45, 2.75) is 25.7 Å². The smallest absolute Gasteiger partial charge is 0.294 e. The highest BCUT2D eigenvalue weighted by molar-refractivity contribution is 6.30. The molecule has 0 atom stereocenters. The molecule has 4 rings (SSSR count). The second kappa shape index (κ2) is 12.4. The maximum absolute atomic E-state index is 13.4. The summed E-state index contributed by atoms with van der Waals surface area (Å²) in [4.78, 5) is 51.6. The van der Waals surface area contributed by atoms with Crippen molar-refractivity contribution in [1.29, 1.82) is 0 Å². The number of pyridine rings is 2. The van der Waals surface area contributed by atoms with Gasteiger partial charge in [-0.2, -0.15) is 0 Å². The number of methoxy groups -OCH3 is 1. The molecule has 1 aliphatic carbocycles. The SMILES string of the molecule is COc1ccc2oc(C(=O)Nc3ccc(Cl)cn3)c(NC(=O)C3CCC(C(=O)N(C)CCN(C)C)CC3)c2n1. The van der Waals surface area contributed by atoms with E-state index in [0.29, 0.717) is 54.2 Å². The number of ether oxygens (including phenoxy) is 1. The van der Waals surface area contributed by atoms with Crippen molar-refractivity contribution >= 4 is 51.9 Å². The van der Waals surface area contributed by atoms with Gasteiger partial charge >= 0.3 is 0 Å². The molecule has 2 N–H and O–H groups in total. The Kier molecular flexibility index (Phi) is 9.03. The van der Waals surface area contributed by atoms with Gasteiger partial charge in [-0.25, -0.2) is 9.97 Å². The predicted molar refractivity (Wildman–Crippen MR) is 148 cm³/mol. The second-order valence-electron chi connectivity index (χ2n) is 9.92. The van der Waals surface area contributed by atoms with E-state index in [1.807, 2.05) is 26.0 Å². The first-order chi connectivity index (χ1) is 18.7. The molecule has 11 nitrogen and oxygen atoms in total. The Labute approximate surface area is 231 Å². The number of halogens is 1. The molecule has 3 aromatic heterocycles. The number of carbonyl (C=O) groups excluding carboxylic acids is 3. The van der Waals surface area contributed by atoms with E-state index < -0.39 is 5.91 Å². The van der Waals surface area contributed by atoms with E-state index in [4.69, 9.17) is 20.8 Å². The lowest BCUT2D eigenvalue weighted by Gasteiger charge is -2.30. The summed E-state index contributed by atoms with van der Waals surface area (Å²) in [6.07, 6.45) is 3.78. The van der Waals surface area contributed by atoms with E-state index in [2.05, 4.69) is 20.6 Å². The number of nitrogens with one attached hydrogen (secondary N) is 2. The quantitative estimate of drug-likeness (QED) is 0.406. The lowest BCUT2D eigenvalue weighted by Crippen LogP contribution is -2.39. The van der Waals surface area contributed by atoms with Gasteiger partial charge in [-0.1, -0.05) is 11.6 Å². The van der Waals surface area contributed by atoms with Gasteiger partial charge in [0.2, 0.25) is 23.5 Å². The van der Waals surface area contributed by atoms with E-state index in [0.717, 1.165) is 6.54 Å². The summed E-state index contributed by atoms with van der Waals surface area (Å²) in [7, 11) is 7.24. The molecule has 1 aliphatic rings. The molecule has 208 valence electrons. The summed E-state index contributed by atoms with van der Waals surface area (Å²) in [5.41, 5.74) is 0.764. The van der Waals surface area contributed by atoms with Gasteiger partial charge in [0.1, 0.15) is 17.0 Å². The molecule has 3 amide bonds. The molecule has 0 aromatic carbocycles. The minimum absolute atomic E-state index is 0.102. The van der Waals surface area contributed by atoms with Crippen LogP contribution in [-0.2, 0) is 9.59 Å². The number of carbonyl (C=O) groups is 3. The number of furan rings is 1. The van der Waals surface area contributed by atoms with E-state index >= 15 is 0 Å². The molecule has 12 heteroatoms. The minimum atomic E-state index is -0.604. The molecule has 3 aromatic rings. The van der Waals surface area contributed by atoms with Crippen molar-refractivity contribution in [3.8, 4) is 5.88 Å². The fraction of sp³-hybridized carbons (Fsp3) is 0.444. The third-order valence-electron chi connectivity index (χ3n) is 6.85. The Morgan fingerprint density at radius 2 is 1.74 bits per heavy atom. The molecule has 1 saturated carbocycles. The summed E-state index contributed by atoms with van der Waals surface area (Å²) < 4.78 is 11.0. The lowest BCUT2D eigenvalue weighted by atomic mass is 9.81. The number of rotatable bonds is 9. The van der Waals surface area contributed by atoms with E-state index in [9.17, 15) is 14.4 Å². The van der Waals surface area contributed by atoms with Crippen LogP contribution >= 0.6 is 11.6 Å². The van der Waals surface area contributed by atoms with Crippen LogP contribution in [0, 0.1) is 11.8 Å². The topological polar surface area (TPSA) is 130 Å². The number of anilines is 2. The van der Waals surface area contributed by atoms with Crippen LogP contribution in [0.25, 0.3) is 11.1 Å². The average molecular weight is 557 g/mol. The van der Waals surface area contributed by atoms with Crippen LogP contribution in [-0.4, -0.2) is 78.8 Å². The number of nitrogens with zero attached hydrogens (tertiary/aromatic N) is 4. The number of hydrogen-bond donors (Lipinski definition) is 2. The zero-order valence-electron chi connectivity index (χ0n) is 22.5. The Hall–Kier alpha value is -3.70. The monoisotopic (exact) mass is 556 g/mol. The van der Waals surface area contributed by atoms with E-state index in [-0.39, 0.29) is 40.9 Å². The van der Waals surface area contributed by atoms with Crippen LogP contribution in [0.5, 0.6) is 5.88 Å². The molecular weight excluding hydrogens is 524 g/mol. The van der Waals surface area contributed by atoms with Gasteiger partial charge in [-0.05, 0) is 58.0 Å². The molecule has 0 aliphatic heterocycles. The summed E-state index contributed by atoms with van der Waals surface area (Å²) in [5, 5.41) is 5.96. The summed E-state index contributed by atoms with van der Waals surface area (Å²) in [6, 6.07) is 6.38. The van der Waals surface area contributed by atoms with E-state index in [1.54, 1.807) is 29.2 Å². The zero-order valence-corrected chi connectivity index (χ0v) is 23.2. The Morgan fingerprint density at radius 3 is 2.38 bits per heavy atom. The van der Waals surface area contributed by atoms with Gasteiger partial charge in [0.25, 0.3) is 5.91 Å². The minimum Gasteiger partial charge on any atom is -0.481 e. The fourth-order valence-corrected chi connectivity index (χ4v) is 4.68. The summed E-state index contributed by atoms with van der Waals surface area (Å²) >= 11 is 5.89. The second-order valence-corrected chi connectivity index (χ2v) is 10.4. The van der Waals surface area contributed by atoms with Crippen LogP contribution < -0.4 is 15.4 Å². The summed E-state index contributed by atoms with van der Waals surface area (Å²) in [6.45, 7) is 1.45. The highest BCUT2D eigenvalue weighted by Crippen LogP contribution is 2.35. The first-order valence-corrected chi connectivity index (χ1v) is 13.1. The number of aromatic nitrogens is 2. The lowest BCUT2D eigenvalue weighted by molar-refractivity contribution is -0.136. The van der Waals surface area contributed by atoms with Crippen LogP contribution in [0.4, 0.5) is 11.5 Å². The number of hydrogen-bond acceptors (Lipinski definition) is 8. The van der Waals surface area contributed by atoms with Crippen LogP contribution in [0.3, 0.4) is 0 Å².